The predicted molar refractivity (Wildman–Crippen MR) is 66.0 cm³/mol. The molecule has 0 aliphatic carbocycles. The summed E-state index contributed by atoms with van der Waals surface area (Å²) in [5.41, 5.74) is 0.616. The Morgan fingerprint density at radius 3 is 2.73 bits per heavy atom. The highest BCUT2D eigenvalue weighted by molar-refractivity contribution is 8.02. The van der Waals surface area contributed by atoms with Gasteiger partial charge in [0.1, 0.15) is 0 Å². The van der Waals surface area contributed by atoms with E-state index in [1.54, 1.807) is 18.2 Å². The zero-order chi connectivity index (χ0) is 11.0. The number of amides is 1. The van der Waals surface area contributed by atoms with Gasteiger partial charge in [0.2, 0.25) is 0 Å². The molecule has 15 heavy (non-hydrogen) atoms. The van der Waals surface area contributed by atoms with Gasteiger partial charge in [0.25, 0.3) is 5.91 Å². The van der Waals surface area contributed by atoms with Crippen molar-refractivity contribution in [1.29, 1.82) is 0 Å². The van der Waals surface area contributed by atoms with E-state index in [2.05, 4.69) is 0 Å². The quantitative estimate of drug-likeness (QED) is 0.734. The molecular formula is C9H6Cl3NOS. The third-order valence-corrected chi connectivity index (χ3v) is 4.03. The summed E-state index contributed by atoms with van der Waals surface area (Å²) in [6.07, 6.45) is 0. The van der Waals surface area contributed by atoms with Crippen LogP contribution < -0.4 is 4.90 Å². The maximum atomic E-state index is 11.6. The zero-order valence-corrected chi connectivity index (χ0v) is 10.5. The van der Waals surface area contributed by atoms with Crippen molar-refractivity contribution in [3.8, 4) is 0 Å². The van der Waals surface area contributed by atoms with E-state index >= 15 is 0 Å². The molecule has 1 amide bonds. The lowest BCUT2D eigenvalue weighted by Crippen LogP contribution is -2.27. The van der Waals surface area contributed by atoms with E-state index in [0.29, 0.717) is 21.6 Å². The summed E-state index contributed by atoms with van der Waals surface area (Å²) < 4.78 is -0.528. The van der Waals surface area contributed by atoms with Crippen LogP contribution in [0.5, 0.6) is 0 Å². The Bertz CT molecular complexity index is 412. The van der Waals surface area contributed by atoms with Crippen molar-refractivity contribution in [3.63, 3.8) is 0 Å². The van der Waals surface area contributed by atoms with E-state index in [-0.39, 0.29) is 5.91 Å². The number of thioether (sulfide) groups is 1. The van der Waals surface area contributed by atoms with Crippen molar-refractivity contribution in [1.82, 2.24) is 0 Å². The molecule has 1 aromatic rings. The Labute approximate surface area is 106 Å². The first-order valence-corrected chi connectivity index (χ1v) is 6.36. The monoisotopic (exact) mass is 281 g/mol. The van der Waals surface area contributed by atoms with E-state index in [0.717, 1.165) is 0 Å². The van der Waals surface area contributed by atoms with E-state index in [4.69, 9.17) is 34.8 Å². The summed E-state index contributed by atoms with van der Waals surface area (Å²) in [5.74, 6) is 0.360. The van der Waals surface area contributed by atoms with Gasteiger partial charge in [-0.15, -0.1) is 23.4 Å². The van der Waals surface area contributed by atoms with Crippen molar-refractivity contribution < 1.29 is 4.79 Å². The first-order valence-electron chi connectivity index (χ1n) is 4.11. The van der Waals surface area contributed by atoms with Gasteiger partial charge < -0.3 is 0 Å². The Morgan fingerprint density at radius 2 is 2.13 bits per heavy atom. The number of hydrogen-bond donors (Lipinski definition) is 0. The average molecular weight is 283 g/mol. The molecule has 1 unspecified atom stereocenters. The van der Waals surface area contributed by atoms with Gasteiger partial charge in [0, 0.05) is 5.02 Å². The largest absolute Gasteiger partial charge is 0.299 e. The summed E-state index contributed by atoms with van der Waals surface area (Å²) in [5, 5.41) is 1.05. The van der Waals surface area contributed by atoms with Crippen molar-refractivity contribution in [2.24, 2.45) is 0 Å². The average Bonchev–Trinajstić information content (AvgIpc) is 2.52. The van der Waals surface area contributed by atoms with Crippen LogP contribution in [0.15, 0.2) is 18.2 Å². The van der Waals surface area contributed by atoms with Crippen LogP contribution in [0.3, 0.4) is 0 Å². The van der Waals surface area contributed by atoms with Crippen LogP contribution in [-0.4, -0.2) is 16.5 Å². The summed E-state index contributed by atoms with van der Waals surface area (Å²) in [4.78, 5) is 13.2. The van der Waals surface area contributed by atoms with Gasteiger partial charge in [-0.05, 0) is 18.2 Å². The Balaban J connectivity index is 2.37. The number of rotatable bonds is 1. The third-order valence-electron chi connectivity index (χ3n) is 2.01. The molecule has 1 heterocycles. The van der Waals surface area contributed by atoms with Crippen LogP contribution >= 0.6 is 46.6 Å². The second kappa shape index (κ2) is 4.42. The number of hydrogen-bond acceptors (Lipinski definition) is 2. The molecule has 6 heteroatoms. The number of carbonyl (C=O) groups is 1. The number of anilines is 1. The molecule has 2 rings (SSSR count). The lowest BCUT2D eigenvalue weighted by atomic mass is 10.3. The molecule has 0 spiro atoms. The molecule has 0 bridgehead atoms. The van der Waals surface area contributed by atoms with Gasteiger partial charge in [-0.2, -0.15) is 0 Å². The third kappa shape index (κ3) is 2.21. The fourth-order valence-corrected chi connectivity index (χ4v) is 2.77. The second-order valence-electron chi connectivity index (χ2n) is 2.97. The second-order valence-corrected chi connectivity index (χ2v) is 5.58. The van der Waals surface area contributed by atoms with E-state index in [9.17, 15) is 4.79 Å². The number of carbonyl (C=O) groups excluding carboxylic acids is 1. The Morgan fingerprint density at radius 1 is 1.40 bits per heavy atom. The maximum absolute atomic E-state index is 11.6. The smallest absolute Gasteiger partial charge is 0.256 e. The number of alkyl halides is 1. The number of benzene rings is 1. The topological polar surface area (TPSA) is 20.3 Å². The van der Waals surface area contributed by atoms with Crippen LogP contribution in [-0.2, 0) is 4.79 Å². The van der Waals surface area contributed by atoms with Gasteiger partial charge in [0.15, 0.2) is 4.71 Å². The minimum atomic E-state index is -0.528. The van der Waals surface area contributed by atoms with Crippen LogP contribution in [0.25, 0.3) is 0 Å². The van der Waals surface area contributed by atoms with Crippen molar-refractivity contribution >= 4 is 58.2 Å². The highest BCUT2D eigenvalue weighted by atomic mass is 35.5. The first kappa shape index (κ1) is 11.4. The minimum absolute atomic E-state index is 0.147. The number of halogens is 3. The summed E-state index contributed by atoms with van der Waals surface area (Å²) in [6.45, 7) is 0. The molecule has 1 saturated heterocycles. The Hall–Kier alpha value is -0.0900. The van der Waals surface area contributed by atoms with E-state index in [1.165, 1.54) is 16.7 Å². The molecule has 2 nitrogen and oxygen atoms in total. The van der Waals surface area contributed by atoms with Gasteiger partial charge in [0.05, 0.1) is 16.6 Å². The molecule has 1 fully saturated rings. The highest BCUT2D eigenvalue weighted by Crippen LogP contribution is 2.36. The van der Waals surface area contributed by atoms with Gasteiger partial charge >= 0.3 is 0 Å². The van der Waals surface area contributed by atoms with Gasteiger partial charge in [-0.25, -0.2) is 0 Å². The molecule has 1 aliphatic heterocycles. The lowest BCUT2D eigenvalue weighted by molar-refractivity contribution is -0.116. The van der Waals surface area contributed by atoms with Crippen molar-refractivity contribution in [3.05, 3.63) is 28.2 Å². The minimum Gasteiger partial charge on any atom is -0.299 e. The molecule has 80 valence electrons. The predicted octanol–water partition coefficient (Wildman–Crippen LogP) is 3.60. The van der Waals surface area contributed by atoms with E-state index in [1.807, 2.05) is 0 Å². The zero-order valence-electron chi connectivity index (χ0n) is 7.41. The maximum Gasteiger partial charge on any atom is 0.256 e. The summed E-state index contributed by atoms with van der Waals surface area (Å²) in [6, 6.07) is 5.01. The number of nitrogens with zero attached hydrogens (tertiary/aromatic N) is 1. The van der Waals surface area contributed by atoms with Crippen LogP contribution in [0, 0.1) is 0 Å². The van der Waals surface area contributed by atoms with Crippen LogP contribution in [0.1, 0.15) is 0 Å². The molecule has 1 aromatic carbocycles. The molecule has 0 saturated carbocycles. The fourth-order valence-electron chi connectivity index (χ4n) is 1.28. The molecule has 0 radical (unpaired) electrons. The molecule has 0 N–H and O–H groups in total. The van der Waals surface area contributed by atoms with Crippen LogP contribution in [0.2, 0.25) is 10.0 Å². The molecular weight excluding hydrogens is 277 g/mol. The summed E-state index contributed by atoms with van der Waals surface area (Å²) >= 11 is 19.0. The fraction of sp³-hybridized carbons (Fsp3) is 0.222. The van der Waals surface area contributed by atoms with Crippen molar-refractivity contribution in [2.45, 2.75) is 4.71 Å². The van der Waals surface area contributed by atoms with E-state index < -0.39 is 4.71 Å². The summed E-state index contributed by atoms with van der Waals surface area (Å²) in [7, 11) is 0. The highest BCUT2D eigenvalue weighted by Gasteiger charge is 2.32. The first-order chi connectivity index (χ1) is 7.09. The molecule has 1 atom stereocenters. The Kier molecular flexibility index (Phi) is 3.36. The SMILES string of the molecule is O=C1C(Cl)SCN1c1cc(Cl)ccc1Cl. The van der Waals surface area contributed by atoms with Crippen molar-refractivity contribution in [2.75, 3.05) is 10.8 Å². The van der Waals surface area contributed by atoms with Crippen LogP contribution in [0.4, 0.5) is 5.69 Å². The normalized spacial score (nSPS) is 21.1. The standard InChI is InChI=1S/C9H6Cl3NOS/c10-5-1-2-6(11)7(3-5)13-4-15-8(12)9(13)14/h1-3,8H,4H2. The molecule has 0 aromatic heterocycles. The molecule has 1 aliphatic rings. The van der Waals surface area contributed by atoms with Gasteiger partial charge in [-0.1, -0.05) is 23.2 Å². The van der Waals surface area contributed by atoms with Gasteiger partial charge in [-0.3, -0.25) is 9.69 Å². The lowest BCUT2D eigenvalue weighted by Gasteiger charge is -2.16.